The van der Waals surface area contributed by atoms with Gasteiger partial charge in [-0.05, 0) is 281 Å². The molecule has 11 aromatic heterocycles. The molecule has 0 amide bonds. The van der Waals surface area contributed by atoms with Crippen molar-refractivity contribution >= 4 is 151 Å². The molecule has 24 bridgehead atoms. The van der Waals surface area contributed by atoms with Gasteiger partial charge in [0.2, 0.25) is 0 Å². The van der Waals surface area contributed by atoms with E-state index in [1.54, 1.807) is 38.2 Å². The molecule has 6 aliphatic heterocycles. The van der Waals surface area contributed by atoms with Crippen LogP contribution in [0, 0.1) is 0 Å². The molecule has 146 heavy (non-hydrogen) atoms. The monoisotopic (exact) mass is 1930 g/mol. The molecule has 21 rings (SSSR count). The first kappa shape index (κ1) is 95.0. The van der Waals surface area contributed by atoms with Gasteiger partial charge in [-0.15, -0.1) is 26.3 Å². The van der Waals surface area contributed by atoms with Gasteiger partial charge in [0.05, 0.1) is 141 Å². The zero-order chi connectivity index (χ0) is 99.7. The summed E-state index contributed by atoms with van der Waals surface area (Å²) in [6.45, 7) is 23.5. The Morgan fingerprint density at radius 1 is 0.288 bits per heavy atom. The summed E-state index contributed by atoms with van der Waals surface area (Å²) in [5, 5.41) is 0. The second-order valence-electron chi connectivity index (χ2n) is 36.3. The van der Waals surface area contributed by atoms with Crippen LogP contribution in [0.25, 0.3) is 229 Å². The molecule has 0 saturated heterocycles. The second kappa shape index (κ2) is 42.9. The van der Waals surface area contributed by atoms with Crippen LogP contribution in [0.4, 0.5) is 0 Å². The molecule has 6 N–H and O–H groups in total. The fraction of sp³-hybridized carbons (Fsp3) is 0.180. The maximum atomic E-state index is 13.7. The number of aryl methyl sites for hydroxylation is 6. The Bertz CT molecular complexity index is 7940. The van der Waals surface area contributed by atoms with Crippen LogP contribution in [0.3, 0.4) is 0 Å². The van der Waals surface area contributed by atoms with E-state index in [2.05, 4.69) is 250 Å². The van der Waals surface area contributed by atoms with Gasteiger partial charge in [0.25, 0.3) is 0 Å². The van der Waals surface area contributed by atoms with Crippen LogP contribution in [0.5, 0.6) is 0 Å². The van der Waals surface area contributed by atoms with Crippen molar-refractivity contribution in [3.63, 3.8) is 0 Å². The molecule has 726 valence electrons. The second-order valence-corrected chi connectivity index (χ2v) is 36.3. The fourth-order valence-corrected chi connectivity index (χ4v) is 20.1. The van der Waals surface area contributed by atoms with Crippen molar-refractivity contribution in [2.24, 2.45) is 14.1 Å². The van der Waals surface area contributed by atoms with Crippen molar-refractivity contribution in [3.8, 4) is 89.5 Å². The normalized spacial score (nSPS) is 12.3. The zero-order valence-electron chi connectivity index (χ0n) is 82.0. The number of nitrogens with zero attached hydrogens (tertiary/aromatic N) is 10. The molecule has 0 fully saturated rings. The number of imidazole rings is 2. The van der Waals surface area contributed by atoms with Gasteiger partial charge in [-0.25, -0.2) is 49.5 Å². The molecule has 0 spiro atoms. The molecule has 24 nitrogen and oxygen atoms in total. The number of ether oxygens (including phenoxy) is 6. The third-order valence-corrected chi connectivity index (χ3v) is 26.8. The Balaban J connectivity index is 0.795. The summed E-state index contributed by atoms with van der Waals surface area (Å²) in [6.07, 6.45) is 45.2. The van der Waals surface area contributed by atoms with Crippen LogP contribution in [0.2, 0.25) is 0 Å². The molecule has 6 aliphatic rings. The minimum Gasteiger partial charge on any atom is -0.462 e. The van der Waals surface area contributed by atoms with Gasteiger partial charge in [0.15, 0.2) is 0 Å². The summed E-state index contributed by atoms with van der Waals surface area (Å²) in [7, 11) is 4.01. The summed E-state index contributed by atoms with van der Waals surface area (Å²) in [4.78, 5) is 95.1. The van der Waals surface area contributed by atoms with E-state index in [0.29, 0.717) is 138 Å². The number of rotatable bonds is 36. The lowest BCUT2D eigenvalue weighted by Gasteiger charge is -2.10. The van der Waals surface area contributed by atoms with Crippen LogP contribution in [-0.4, -0.2) is 157 Å². The highest BCUT2D eigenvalue weighted by Gasteiger charge is 2.28. The molecule has 4 aromatic carbocycles. The number of aromatic nitrogens is 16. The van der Waals surface area contributed by atoms with Crippen LogP contribution >= 0.6 is 0 Å². The van der Waals surface area contributed by atoms with Crippen molar-refractivity contribution in [3.05, 3.63) is 347 Å². The molecule has 0 radical (unpaired) electrons. The van der Waals surface area contributed by atoms with Crippen LogP contribution in [0.15, 0.2) is 245 Å². The Morgan fingerprint density at radius 2 is 0.514 bits per heavy atom. The van der Waals surface area contributed by atoms with Gasteiger partial charge >= 0.3 is 11.9 Å². The van der Waals surface area contributed by atoms with E-state index in [1.807, 2.05) is 96.5 Å². The minimum atomic E-state index is -0.432. The zero-order valence-corrected chi connectivity index (χ0v) is 82.0. The molecule has 0 atom stereocenters. The van der Waals surface area contributed by atoms with Crippen LogP contribution in [0.1, 0.15) is 151 Å². The summed E-state index contributed by atoms with van der Waals surface area (Å²) < 4.78 is 39.5. The molecular weight excluding hydrogens is 1820 g/mol. The van der Waals surface area contributed by atoms with E-state index >= 15 is 0 Å². The quantitative estimate of drug-likeness (QED) is 0.0121. The lowest BCUT2D eigenvalue weighted by Crippen LogP contribution is -2.04. The highest BCUT2D eigenvalue weighted by Crippen LogP contribution is 2.45. The van der Waals surface area contributed by atoms with E-state index in [-0.39, 0.29) is 13.2 Å². The average Bonchev–Trinajstić information content (AvgIpc) is 1.63. The number of nitrogens with one attached hydrogen (secondary N) is 6. The smallest absolute Gasteiger partial charge is 0.338 e. The fourth-order valence-electron chi connectivity index (χ4n) is 20.1. The first-order chi connectivity index (χ1) is 71.8. The molecule has 15 aromatic rings. The number of hydrogen-bond donors (Lipinski definition) is 6. The van der Waals surface area contributed by atoms with Gasteiger partial charge in [0.1, 0.15) is 11.6 Å². The molecule has 24 heteroatoms. The third-order valence-electron chi connectivity index (χ3n) is 26.8. The standard InChI is InChI=1S/C122H110N16O8/c1-9-65-141-69-17-25-83-87-37-45-99(125-87)113(100-46-38-88(126-100)84(26-18-70-142-66-10-2)92-42-50-108(130-92)117(107-49-41-91(83)129-107)119-123-61-63-137(119)7)79-21-15-23-81(73-79)115-103-57-53-95(133-103)111(75-29-33-77(34-30-75)121(139)145-13-5)97-55-59-105(135-97)116(106-60-56-98(136-106)112(96-54-58-104(115)134-96)76-31-35-78(36-32-76)122(140)146-14-6)82-24-16-22-80(74-82)114-101-47-39-89(127-101)85(27-19-71-143-67-11-3)93-43-51-109(131-93)118(120-124-62-64-138(120)8)110-52-44-94(132-110)86(28-20-72-144-68-12-4)90-40-48-102(114)128-90/h9-12,15-16,21-24,29-64,73-74,125,127,130,132-133,136H,1-4,13-14,17-20,25-28,65-72H2,5-8H3. The van der Waals surface area contributed by atoms with Crippen molar-refractivity contribution in [1.29, 1.82) is 0 Å². The number of hydrogen-bond acceptors (Lipinski definition) is 16. The Labute approximate surface area is 844 Å². The topological polar surface area (TPSA) is 297 Å². The number of H-pyrrole nitrogens is 6. The van der Waals surface area contributed by atoms with Crippen molar-refractivity contribution in [2.45, 2.75) is 65.2 Å². The Hall–Kier alpha value is -17.2. The number of fused-ring (bicyclic) bond motifs is 24. The molecular formula is C122H110N16O8. The summed E-state index contributed by atoms with van der Waals surface area (Å²) in [5.74, 6) is 0.669. The predicted octanol–water partition coefficient (Wildman–Crippen LogP) is 26.3. The highest BCUT2D eigenvalue weighted by molar-refractivity contribution is 6.05. The van der Waals surface area contributed by atoms with E-state index < -0.39 is 11.9 Å². The number of carbonyl (C=O) groups excluding carboxylic acids is 2. The maximum Gasteiger partial charge on any atom is 0.338 e. The van der Waals surface area contributed by atoms with Gasteiger partial charge < -0.3 is 67.5 Å². The summed E-state index contributed by atoms with van der Waals surface area (Å²) >= 11 is 0. The Kier molecular flexibility index (Phi) is 28.0. The lowest BCUT2D eigenvalue weighted by molar-refractivity contribution is 0.0517. The molecule has 0 unspecified atom stereocenters. The van der Waals surface area contributed by atoms with E-state index in [1.165, 1.54) is 0 Å². The largest absolute Gasteiger partial charge is 0.462 e. The van der Waals surface area contributed by atoms with Gasteiger partial charge in [-0.1, -0.05) is 85.0 Å². The van der Waals surface area contributed by atoms with E-state index in [9.17, 15) is 9.59 Å². The first-order valence-corrected chi connectivity index (χ1v) is 49.7. The van der Waals surface area contributed by atoms with Crippen molar-refractivity contribution < 1.29 is 38.0 Å². The number of carbonyl (C=O) groups is 2. The van der Waals surface area contributed by atoms with Crippen LogP contribution < -0.4 is 0 Å². The minimum absolute atomic E-state index is 0.213. The number of aromatic amines is 6. The number of esters is 2. The highest BCUT2D eigenvalue weighted by atomic mass is 16.5. The van der Waals surface area contributed by atoms with Crippen molar-refractivity contribution in [1.82, 2.24) is 78.9 Å². The average molecular weight is 1930 g/mol. The number of benzene rings is 4. The Morgan fingerprint density at radius 3 is 0.760 bits per heavy atom. The maximum absolute atomic E-state index is 13.7. The van der Waals surface area contributed by atoms with Gasteiger partial charge in [-0.3, -0.25) is 0 Å². The predicted molar refractivity (Wildman–Crippen MR) is 590 cm³/mol. The SMILES string of the molecule is C=CCOCCCc1c2nc(c(-c3nccn3C)c3ccc([nH]3)c(CCCOCC=C)c3nc(c(-c4cccc(-c5c6nc(c(-c7ccc(C(=O)OCC)cc7)c7ccc([nH]7)c(-c7cccc(-c8c9nc(c(CCCOCC=C)c%10ccc([nH]%10)c(-c%10nccn%10C)c%10nc(c(CCCOCC=C)c%11ccc8[nH]%11)C=C%10)C=C9)c7)c7nc(c(-c8ccc(C(=O)OCC)cc8)c8ccc5[nH]8)C=C7)C=C6)c4)c4ccc1[nH]4)C=C3)C=C2. The summed E-state index contributed by atoms with van der Waals surface area (Å²) in [5.41, 5.74) is 35.2. The van der Waals surface area contributed by atoms with Gasteiger partial charge in [-0.2, -0.15) is 0 Å². The van der Waals surface area contributed by atoms with Crippen LogP contribution in [-0.2, 0) is 68.2 Å². The van der Waals surface area contributed by atoms with Crippen molar-refractivity contribution in [2.75, 3.05) is 66.1 Å². The lowest BCUT2D eigenvalue weighted by atomic mass is 9.97. The summed E-state index contributed by atoms with van der Waals surface area (Å²) in [6, 6.07) is 57.8. The molecule has 0 aliphatic carbocycles. The third kappa shape index (κ3) is 19.5. The van der Waals surface area contributed by atoms with E-state index in [4.69, 9.17) is 68.3 Å². The molecule has 0 saturated carbocycles. The first-order valence-electron chi connectivity index (χ1n) is 49.7. The molecule has 17 heterocycles. The van der Waals surface area contributed by atoms with E-state index in [0.717, 1.165) is 224 Å². The van der Waals surface area contributed by atoms with Gasteiger partial charge in [0, 0.05) is 176 Å².